The van der Waals surface area contributed by atoms with E-state index in [-0.39, 0.29) is 22.2 Å². The Kier molecular flexibility index (Phi) is 4.40. The molecule has 2 aromatic carbocycles. The van der Waals surface area contributed by atoms with Gasteiger partial charge in [0.2, 0.25) is 5.75 Å². The van der Waals surface area contributed by atoms with E-state index in [2.05, 4.69) is 0 Å². The molecule has 5 nitrogen and oxygen atoms in total. The van der Waals surface area contributed by atoms with E-state index >= 15 is 0 Å². The third-order valence-corrected chi connectivity index (χ3v) is 3.09. The number of benzene rings is 2. The van der Waals surface area contributed by atoms with Crippen molar-refractivity contribution < 1.29 is 19.2 Å². The van der Waals surface area contributed by atoms with Crippen LogP contribution < -0.4 is 4.74 Å². The van der Waals surface area contributed by atoms with Crippen LogP contribution in [-0.4, -0.2) is 10.0 Å². The standard InChI is InChI=1S/C14H11ClFNO4/c1-8(18)9-5-6-12(11(7-9)17(19)20)21-13-4-2-3-10(15)14(13)16/h2-8,18H,1H3. The first-order valence-corrected chi connectivity index (χ1v) is 6.36. The molecule has 1 unspecified atom stereocenters. The molecular formula is C14H11ClFNO4. The molecule has 110 valence electrons. The van der Waals surface area contributed by atoms with E-state index in [1.54, 1.807) is 0 Å². The summed E-state index contributed by atoms with van der Waals surface area (Å²) in [6.45, 7) is 1.48. The van der Waals surface area contributed by atoms with Crippen molar-refractivity contribution in [1.29, 1.82) is 0 Å². The number of hydrogen-bond acceptors (Lipinski definition) is 4. The smallest absolute Gasteiger partial charge is 0.311 e. The molecule has 0 bridgehead atoms. The van der Waals surface area contributed by atoms with Crippen molar-refractivity contribution in [2.24, 2.45) is 0 Å². The van der Waals surface area contributed by atoms with E-state index < -0.39 is 16.8 Å². The first-order valence-electron chi connectivity index (χ1n) is 5.98. The monoisotopic (exact) mass is 311 g/mol. The zero-order valence-corrected chi connectivity index (χ0v) is 11.7. The lowest BCUT2D eigenvalue weighted by molar-refractivity contribution is -0.385. The lowest BCUT2D eigenvalue weighted by Gasteiger charge is -2.10. The maximum absolute atomic E-state index is 13.8. The highest BCUT2D eigenvalue weighted by Gasteiger charge is 2.20. The van der Waals surface area contributed by atoms with Gasteiger partial charge in [-0.2, -0.15) is 0 Å². The van der Waals surface area contributed by atoms with Crippen molar-refractivity contribution in [2.75, 3.05) is 0 Å². The highest BCUT2D eigenvalue weighted by Crippen LogP contribution is 2.35. The molecule has 0 fully saturated rings. The number of nitro benzene ring substituents is 1. The number of nitro groups is 1. The molecule has 2 rings (SSSR count). The zero-order valence-electron chi connectivity index (χ0n) is 10.9. The second-order valence-corrected chi connectivity index (χ2v) is 4.72. The van der Waals surface area contributed by atoms with Gasteiger partial charge in [-0.25, -0.2) is 4.39 Å². The second-order valence-electron chi connectivity index (χ2n) is 4.31. The van der Waals surface area contributed by atoms with Crippen LogP contribution in [0.3, 0.4) is 0 Å². The van der Waals surface area contributed by atoms with Crippen LogP contribution in [0.5, 0.6) is 11.5 Å². The van der Waals surface area contributed by atoms with Gasteiger partial charge in [-0.05, 0) is 30.7 Å². The van der Waals surface area contributed by atoms with E-state index in [0.717, 1.165) is 0 Å². The van der Waals surface area contributed by atoms with Crippen LogP contribution in [0.1, 0.15) is 18.6 Å². The van der Waals surface area contributed by atoms with Gasteiger partial charge in [-0.15, -0.1) is 0 Å². The van der Waals surface area contributed by atoms with Crippen molar-refractivity contribution in [2.45, 2.75) is 13.0 Å². The van der Waals surface area contributed by atoms with Crippen molar-refractivity contribution in [3.63, 3.8) is 0 Å². The van der Waals surface area contributed by atoms with Crippen LogP contribution in [0.2, 0.25) is 5.02 Å². The normalized spacial score (nSPS) is 12.0. The molecule has 0 saturated carbocycles. The van der Waals surface area contributed by atoms with Gasteiger partial charge in [0, 0.05) is 6.07 Å². The molecular weight excluding hydrogens is 301 g/mol. The number of ether oxygens (including phenoxy) is 1. The Morgan fingerprint density at radius 1 is 1.33 bits per heavy atom. The third kappa shape index (κ3) is 3.29. The first kappa shape index (κ1) is 15.2. The molecule has 0 heterocycles. The van der Waals surface area contributed by atoms with Crippen molar-refractivity contribution in [3.05, 3.63) is 62.9 Å². The van der Waals surface area contributed by atoms with Gasteiger partial charge in [0.15, 0.2) is 11.6 Å². The summed E-state index contributed by atoms with van der Waals surface area (Å²) in [5.41, 5.74) is -0.00612. The van der Waals surface area contributed by atoms with Crippen molar-refractivity contribution in [1.82, 2.24) is 0 Å². The van der Waals surface area contributed by atoms with Gasteiger partial charge in [-0.1, -0.05) is 23.7 Å². The molecule has 0 radical (unpaired) electrons. The van der Waals surface area contributed by atoms with E-state index in [9.17, 15) is 19.6 Å². The quantitative estimate of drug-likeness (QED) is 0.677. The minimum absolute atomic E-state index is 0.134. The van der Waals surface area contributed by atoms with Gasteiger partial charge in [-0.3, -0.25) is 10.1 Å². The lowest BCUT2D eigenvalue weighted by Crippen LogP contribution is -1.98. The Bertz CT molecular complexity index is 691. The Hall–Kier alpha value is -2.18. The summed E-state index contributed by atoms with van der Waals surface area (Å²) >= 11 is 5.63. The van der Waals surface area contributed by atoms with Gasteiger partial charge in [0.25, 0.3) is 0 Å². The lowest BCUT2D eigenvalue weighted by atomic mass is 10.1. The summed E-state index contributed by atoms with van der Waals surface area (Å²) in [5, 5.41) is 20.4. The minimum Gasteiger partial charge on any atom is -0.447 e. The number of rotatable bonds is 4. The molecule has 0 aromatic heterocycles. The summed E-state index contributed by atoms with van der Waals surface area (Å²) in [4.78, 5) is 10.4. The molecule has 0 saturated heterocycles. The van der Waals surface area contributed by atoms with Gasteiger partial charge < -0.3 is 9.84 Å². The molecule has 0 aliphatic rings. The predicted octanol–water partition coefficient (Wildman–Crippen LogP) is 4.23. The molecule has 1 atom stereocenters. The molecule has 7 heteroatoms. The zero-order chi connectivity index (χ0) is 15.6. The fourth-order valence-corrected chi connectivity index (χ4v) is 1.87. The molecule has 0 spiro atoms. The first-order chi connectivity index (χ1) is 9.90. The van der Waals surface area contributed by atoms with Crippen LogP contribution in [0, 0.1) is 15.9 Å². The van der Waals surface area contributed by atoms with Gasteiger partial charge in [0.1, 0.15) is 0 Å². The topological polar surface area (TPSA) is 72.6 Å². The fraction of sp³-hybridized carbons (Fsp3) is 0.143. The Labute approximate surface area is 124 Å². The minimum atomic E-state index is -0.861. The summed E-state index contributed by atoms with van der Waals surface area (Å²) in [6, 6.07) is 8.08. The molecule has 0 amide bonds. The Balaban J connectivity index is 2.44. The van der Waals surface area contributed by atoms with E-state index in [0.29, 0.717) is 5.56 Å². The Morgan fingerprint density at radius 2 is 2.05 bits per heavy atom. The van der Waals surface area contributed by atoms with Crippen molar-refractivity contribution in [3.8, 4) is 11.5 Å². The highest BCUT2D eigenvalue weighted by atomic mass is 35.5. The van der Waals surface area contributed by atoms with Crippen LogP contribution in [0.25, 0.3) is 0 Å². The summed E-state index contributed by atoms with van der Waals surface area (Å²) < 4.78 is 19.0. The fourth-order valence-electron chi connectivity index (χ4n) is 1.70. The van der Waals surface area contributed by atoms with Crippen LogP contribution >= 0.6 is 11.6 Å². The number of nitrogens with zero attached hydrogens (tertiary/aromatic N) is 1. The third-order valence-electron chi connectivity index (χ3n) is 2.80. The number of aliphatic hydroxyl groups is 1. The number of halogens is 2. The summed E-state index contributed by atoms with van der Waals surface area (Å²) in [7, 11) is 0. The van der Waals surface area contributed by atoms with Crippen LogP contribution in [0.15, 0.2) is 36.4 Å². The van der Waals surface area contributed by atoms with E-state index in [1.165, 1.54) is 43.3 Å². The molecule has 1 N–H and O–H groups in total. The molecule has 0 aliphatic heterocycles. The average Bonchev–Trinajstić information content (AvgIpc) is 2.43. The number of hydrogen-bond donors (Lipinski definition) is 1. The van der Waals surface area contributed by atoms with Crippen LogP contribution in [-0.2, 0) is 0 Å². The van der Waals surface area contributed by atoms with Gasteiger partial charge >= 0.3 is 5.69 Å². The maximum Gasteiger partial charge on any atom is 0.311 e. The SMILES string of the molecule is CC(O)c1ccc(Oc2cccc(Cl)c2F)c([N+](=O)[O-])c1. The summed E-state index contributed by atoms with van der Waals surface area (Å²) in [5.74, 6) is -1.14. The number of aliphatic hydroxyl groups excluding tert-OH is 1. The second kappa shape index (κ2) is 6.07. The molecule has 21 heavy (non-hydrogen) atoms. The largest absolute Gasteiger partial charge is 0.447 e. The van der Waals surface area contributed by atoms with Crippen LogP contribution in [0.4, 0.5) is 10.1 Å². The predicted molar refractivity (Wildman–Crippen MR) is 75.2 cm³/mol. The average molecular weight is 312 g/mol. The van der Waals surface area contributed by atoms with E-state index in [4.69, 9.17) is 16.3 Å². The van der Waals surface area contributed by atoms with Crippen molar-refractivity contribution >= 4 is 17.3 Å². The van der Waals surface area contributed by atoms with E-state index in [1.807, 2.05) is 0 Å². The highest BCUT2D eigenvalue weighted by molar-refractivity contribution is 6.30. The molecule has 0 aliphatic carbocycles. The molecule has 2 aromatic rings. The Morgan fingerprint density at radius 3 is 2.67 bits per heavy atom. The summed E-state index contributed by atoms with van der Waals surface area (Å²) in [6.07, 6.45) is -0.861. The van der Waals surface area contributed by atoms with Gasteiger partial charge in [0.05, 0.1) is 16.0 Å². The maximum atomic E-state index is 13.8.